The average molecular weight is 552 g/mol. The number of fused-ring (bicyclic) bond motifs is 3. The lowest BCUT2D eigenvalue weighted by Gasteiger charge is -2.56. The van der Waals surface area contributed by atoms with Crippen molar-refractivity contribution in [2.75, 3.05) is 19.0 Å². The molecule has 1 aromatic rings. The Hall–Kier alpha value is -3.13. The molecule has 8 heteroatoms. The van der Waals surface area contributed by atoms with Gasteiger partial charge < -0.3 is 25.3 Å². The van der Waals surface area contributed by atoms with E-state index in [1.165, 1.54) is 32.1 Å². The summed E-state index contributed by atoms with van der Waals surface area (Å²) >= 11 is 0. The van der Waals surface area contributed by atoms with E-state index in [4.69, 9.17) is 0 Å². The Labute approximate surface area is 235 Å². The first-order valence-electron chi connectivity index (χ1n) is 14.4. The van der Waals surface area contributed by atoms with E-state index in [0.717, 1.165) is 19.0 Å². The number of allylic oxidation sites excluding steroid dienone is 1. The van der Waals surface area contributed by atoms with Gasteiger partial charge in [-0.25, -0.2) is 0 Å². The van der Waals surface area contributed by atoms with Crippen LogP contribution in [0, 0.1) is 16.7 Å². The third kappa shape index (κ3) is 3.93. The second-order valence-corrected chi connectivity index (χ2v) is 13.3. The standard InChI is InChI=1S/C32H41NO7/c1-17(34)23-22(35)15-31(3)16-30(2)14-20-21(33(4)5)13-19(12-11-18-9-7-6-8-10-18)26(36)24(20)27(37)25(30)29(39)32(31,40)28(23)38/h13,18,36-38,40H,6-12,14-16H2,1-5H3/t30-,31+,32+/m1/s1. The predicted molar refractivity (Wildman–Crippen MR) is 151 cm³/mol. The monoisotopic (exact) mass is 551 g/mol. The summed E-state index contributed by atoms with van der Waals surface area (Å²) in [6.45, 7) is 4.49. The molecule has 8 nitrogen and oxygen atoms in total. The molecule has 0 heterocycles. The quantitative estimate of drug-likeness (QED) is 0.380. The van der Waals surface area contributed by atoms with Crippen molar-refractivity contribution in [1.82, 2.24) is 0 Å². The van der Waals surface area contributed by atoms with E-state index in [0.29, 0.717) is 23.5 Å². The van der Waals surface area contributed by atoms with Crippen molar-refractivity contribution in [3.05, 3.63) is 39.7 Å². The Morgan fingerprint density at radius 2 is 1.70 bits per heavy atom. The van der Waals surface area contributed by atoms with Gasteiger partial charge in [0.15, 0.2) is 17.2 Å². The molecule has 0 unspecified atom stereocenters. The Morgan fingerprint density at radius 1 is 1.05 bits per heavy atom. The Bertz CT molecular complexity index is 1380. The molecule has 4 aliphatic rings. The van der Waals surface area contributed by atoms with Crippen LogP contribution < -0.4 is 4.90 Å². The van der Waals surface area contributed by atoms with Gasteiger partial charge >= 0.3 is 0 Å². The number of aryl methyl sites for hydroxylation is 1. The Morgan fingerprint density at radius 3 is 2.30 bits per heavy atom. The van der Waals surface area contributed by atoms with Crippen LogP contribution in [0.4, 0.5) is 5.69 Å². The van der Waals surface area contributed by atoms with Crippen LogP contribution in [-0.4, -0.2) is 57.5 Å². The molecule has 0 amide bonds. The molecule has 0 spiro atoms. The number of carbonyl (C=O) groups is 3. The first-order chi connectivity index (χ1) is 18.7. The molecule has 40 heavy (non-hydrogen) atoms. The minimum atomic E-state index is -2.55. The fourth-order valence-corrected chi connectivity index (χ4v) is 8.18. The number of rotatable bonds is 5. The largest absolute Gasteiger partial charge is 0.508 e. The number of benzene rings is 1. The summed E-state index contributed by atoms with van der Waals surface area (Å²) in [5.74, 6) is -3.13. The summed E-state index contributed by atoms with van der Waals surface area (Å²) in [4.78, 5) is 41.3. The van der Waals surface area contributed by atoms with E-state index in [1.807, 2.05) is 32.0 Å². The number of Topliss-reactive ketones (excluding diaryl/α,β-unsaturated/α-hetero) is 3. The lowest BCUT2D eigenvalue weighted by atomic mass is 9.47. The van der Waals surface area contributed by atoms with Crippen molar-refractivity contribution in [2.45, 2.75) is 90.6 Å². The van der Waals surface area contributed by atoms with Crippen LogP contribution in [0.2, 0.25) is 0 Å². The van der Waals surface area contributed by atoms with Gasteiger partial charge in [-0.05, 0) is 55.7 Å². The van der Waals surface area contributed by atoms with Crippen LogP contribution in [-0.2, 0) is 27.2 Å². The predicted octanol–water partition coefficient (Wildman–Crippen LogP) is 4.89. The molecule has 4 N–H and O–H groups in total. The van der Waals surface area contributed by atoms with Crippen molar-refractivity contribution in [3.8, 4) is 5.75 Å². The molecule has 0 bridgehead atoms. The summed E-state index contributed by atoms with van der Waals surface area (Å²) < 4.78 is 0. The molecule has 0 radical (unpaired) electrons. The zero-order chi connectivity index (χ0) is 29.4. The van der Waals surface area contributed by atoms with Crippen molar-refractivity contribution in [1.29, 1.82) is 0 Å². The van der Waals surface area contributed by atoms with Gasteiger partial charge in [0.2, 0.25) is 5.78 Å². The topological polar surface area (TPSA) is 135 Å². The van der Waals surface area contributed by atoms with Crippen LogP contribution in [0.15, 0.2) is 23.0 Å². The summed E-state index contributed by atoms with van der Waals surface area (Å²) in [6.07, 6.45) is 7.69. The lowest BCUT2D eigenvalue weighted by Crippen LogP contribution is -2.65. The van der Waals surface area contributed by atoms with E-state index in [-0.39, 0.29) is 36.1 Å². The highest BCUT2D eigenvalue weighted by Crippen LogP contribution is 2.63. The number of aliphatic hydroxyl groups excluding tert-OH is 2. The molecule has 1 aromatic carbocycles. The van der Waals surface area contributed by atoms with Crippen LogP contribution in [0.3, 0.4) is 0 Å². The first kappa shape index (κ1) is 28.4. The number of phenols is 1. The minimum Gasteiger partial charge on any atom is -0.508 e. The van der Waals surface area contributed by atoms with E-state index < -0.39 is 50.9 Å². The minimum absolute atomic E-state index is 0.0698. The second kappa shape index (κ2) is 9.47. The zero-order valence-electron chi connectivity index (χ0n) is 24.2. The Kier molecular flexibility index (Phi) is 6.72. The highest BCUT2D eigenvalue weighted by atomic mass is 16.3. The summed E-state index contributed by atoms with van der Waals surface area (Å²) in [5.41, 5.74) is -3.21. The highest BCUT2D eigenvalue weighted by Gasteiger charge is 2.68. The van der Waals surface area contributed by atoms with Crippen molar-refractivity contribution in [3.63, 3.8) is 0 Å². The second-order valence-electron chi connectivity index (χ2n) is 13.3. The van der Waals surface area contributed by atoms with E-state index in [1.54, 1.807) is 6.92 Å². The highest BCUT2D eigenvalue weighted by molar-refractivity contribution is 6.23. The van der Waals surface area contributed by atoms with E-state index in [2.05, 4.69) is 0 Å². The number of nitrogens with zero attached hydrogens (tertiary/aromatic N) is 1. The number of phenolic OH excluding ortho intramolecular Hbond substituents is 1. The normalized spacial score (nSPS) is 30.6. The number of aromatic hydroxyl groups is 1. The third-order valence-corrected chi connectivity index (χ3v) is 10.1. The Balaban J connectivity index is 1.68. The number of hydrogen-bond donors (Lipinski definition) is 4. The van der Waals surface area contributed by atoms with Crippen molar-refractivity contribution < 1.29 is 34.8 Å². The molecule has 0 aromatic heterocycles. The molecule has 216 valence electrons. The molecule has 2 fully saturated rings. The molecule has 5 rings (SSSR count). The maximum Gasteiger partial charge on any atom is 0.203 e. The number of carbonyl (C=O) groups excluding carboxylic acids is 3. The van der Waals surface area contributed by atoms with Crippen LogP contribution >= 0.6 is 0 Å². The average Bonchev–Trinajstić information content (AvgIpc) is 2.85. The fraction of sp³-hybridized carbons (Fsp3) is 0.594. The molecule has 4 aliphatic carbocycles. The molecule has 0 aliphatic heterocycles. The van der Waals surface area contributed by atoms with Crippen LogP contribution in [0.1, 0.15) is 88.8 Å². The molecule has 2 saturated carbocycles. The molecular weight excluding hydrogens is 510 g/mol. The number of aliphatic hydroxyl groups is 3. The van der Waals surface area contributed by atoms with E-state index >= 15 is 0 Å². The van der Waals surface area contributed by atoms with Gasteiger partial charge in [-0.15, -0.1) is 0 Å². The van der Waals surface area contributed by atoms with Gasteiger partial charge in [0, 0.05) is 42.6 Å². The van der Waals surface area contributed by atoms with Gasteiger partial charge in [-0.3, -0.25) is 14.4 Å². The summed E-state index contributed by atoms with van der Waals surface area (Å²) in [6, 6.07) is 1.97. The third-order valence-electron chi connectivity index (χ3n) is 10.1. The first-order valence-corrected chi connectivity index (χ1v) is 14.4. The van der Waals surface area contributed by atoms with Crippen molar-refractivity contribution >= 4 is 28.8 Å². The van der Waals surface area contributed by atoms with Gasteiger partial charge in [-0.1, -0.05) is 46.0 Å². The summed E-state index contributed by atoms with van der Waals surface area (Å²) in [7, 11) is 3.79. The molecule has 0 saturated heterocycles. The van der Waals surface area contributed by atoms with Gasteiger partial charge in [0.1, 0.15) is 22.8 Å². The maximum atomic E-state index is 14.2. The zero-order valence-corrected chi connectivity index (χ0v) is 24.2. The van der Waals surface area contributed by atoms with Gasteiger partial charge in [0.05, 0.1) is 5.56 Å². The smallest absolute Gasteiger partial charge is 0.203 e. The molecular formula is C32H41NO7. The number of ketones is 3. The SMILES string of the molecule is CC(=O)C1=C(O)[C@]2(O)C(=O)C3=C(O)c4c(O)c(CCC5CCCCC5)cc(N(C)C)c4C[C@]3(C)C[C@]2(C)CC1=O. The van der Waals surface area contributed by atoms with Gasteiger partial charge in [-0.2, -0.15) is 0 Å². The van der Waals surface area contributed by atoms with Gasteiger partial charge in [0.25, 0.3) is 0 Å². The number of anilines is 1. The van der Waals surface area contributed by atoms with Crippen molar-refractivity contribution in [2.24, 2.45) is 16.7 Å². The van der Waals surface area contributed by atoms with Crippen LogP contribution in [0.25, 0.3) is 5.76 Å². The lowest BCUT2D eigenvalue weighted by molar-refractivity contribution is -0.164. The number of hydrogen-bond acceptors (Lipinski definition) is 8. The fourth-order valence-electron chi connectivity index (χ4n) is 8.18. The van der Waals surface area contributed by atoms with Crippen LogP contribution in [0.5, 0.6) is 5.75 Å². The summed E-state index contributed by atoms with van der Waals surface area (Å²) in [5, 5.41) is 46.2. The molecule has 3 atom stereocenters. The maximum absolute atomic E-state index is 14.2. The van der Waals surface area contributed by atoms with E-state index in [9.17, 15) is 34.8 Å².